The van der Waals surface area contributed by atoms with Gasteiger partial charge in [0.15, 0.2) is 0 Å². The molecule has 82 valence electrons. The van der Waals surface area contributed by atoms with E-state index >= 15 is 0 Å². The number of hydrazone groups is 1. The second kappa shape index (κ2) is 4.20. The van der Waals surface area contributed by atoms with Crippen LogP contribution in [-0.2, 0) is 0 Å². The van der Waals surface area contributed by atoms with Gasteiger partial charge in [0, 0.05) is 5.56 Å². The minimum atomic E-state index is -4.69. The number of hydrogen-bond acceptors (Lipinski definition) is 3. The zero-order valence-corrected chi connectivity index (χ0v) is 7.88. The quantitative estimate of drug-likeness (QED) is 0.470. The van der Waals surface area contributed by atoms with Crippen LogP contribution >= 0.6 is 0 Å². The Morgan fingerprint density at radius 1 is 1.40 bits per heavy atom. The molecule has 0 saturated heterocycles. The molecule has 1 aromatic rings. The summed E-state index contributed by atoms with van der Waals surface area (Å²) in [4.78, 5) is 0. The maximum atomic E-state index is 11.9. The van der Waals surface area contributed by atoms with Crippen LogP contribution in [0.15, 0.2) is 23.3 Å². The van der Waals surface area contributed by atoms with E-state index in [0.717, 1.165) is 5.56 Å². The lowest BCUT2D eigenvalue weighted by Gasteiger charge is -2.09. The SMILES string of the molecule is Cc1ccc(OC(F)(F)F)cc1C=NN. The number of benzene rings is 1. The van der Waals surface area contributed by atoms with Crippen LogP contribution in [-0.4, -0.2) is 12.6 Å². The third-order valence-corrected chi connectivity index (χ3v) is 1.70. The average Bonchev–Trinajstić information content (AvgIpc) is 2.09. The van der Waals surface area contributed by atoms with Gasteiger partial charge in [-0.25, -0.2) is 0 Å². The molecule has 0 aliphatic rings. The lowest BCUT2D eigenvalue weighted by molar-refractivity contribution is -0.274. The molecule has 2 N–H and O–H groups in total. The van der Waals surface area contributed by atoms with Gasteiger partial charge in [0.2, 0.25) is 0 Å². The first kappa shape index (κ1) is 11.4. The predicted octanol–water partition coefficient (Wildman–Crippen LogP) is 2.19. The fourth-order valence-corrected chi connectivity index (χ4v) is 1.04. The van der Waals surface area contributed by atoms with E-state index in [9.17, 15) is 13.2 Å². The molecule has 0 unspecified atom stereocenters. The van der Waals surface area contributed by atoms with Crippen molar-refractivity contribution in [3.8, 4) is 5.75 Å². The molecule has 1 aromatic carbocycles. The zero-order valence-electron chi connectivity index (χ0n) is 7.88. The van der Waals surface area contributed by atoms with Gasteiger partial charge in [-0.3, -0.25) is 0 Å². The normalized spacial score (nSPS) is 12.0. The van der Waals surface area contributed by atoms with E-state index in [1.165, 1.54) is 24.4 Å². The molecule has 0 atom stereocenters. The smallest absolute Gasteiger partial charge is 0.406 e. The van der Waals surface area contributed by atoms with E-state index in [0.29, 0.717) is 5.56 Å². The molecule has 0 amide bonds. The number of halogens is 3. The summed E-state index contributed by atoms with van der Waals surface area (Å²) in [5, 5.41) is 3.24. The first-order chi connectivity index (χ1) is 6.92. The number of rotatable bonds is 2. The van der Waals surface area contributed by atoms with Crippen molar-refractivity contribution in [3.63, 3.8) is 0 Å². The Morgan fingerprint density at radius 2 is 2.07 bits per heavy atom. The van der Waals surface area contributed by atoms with Gasteiger partial charge in [0.1, 0.15) is 5.75 Å². The maximum absolute atomic E-state index is 11.9. The molecule has 0 radical (unpaired) electrons. The zero-order chi connectivity index (χ0) is 11.5. The minimum absolute atomic E-state index is 0.289. The van der Waals surface area contributed by atoms with Gasteiger partial charge in [-0.05, 0) is 24.6 Å². The summed E-state index contributed by atoms with van der Waals surface area (Å²) in [5.74, 6) is 4.62. The van der Waals surface area contributed by atoms with Crippen LogP contribution < -0.4 is 10.6 Å². The number of hydrogen-bond donors (Lipinski definition) is 1. The number of alkyl halides is 3. The Balaban J connectivity index is 2.97. The van der Waals surface area contributed by atoms with Crippen LogP contribution in [0.2, 0.25) is 0 Å². The maximum Gasteiger partial charge on any atom is 0.573 e. The Labute approximate surface area is 84.3 Å². The molecular formula is C9H9F3N2O. The van der Waals surface area contributed by atoms with Crippen molar-refractivity contribution in [2.24, 2.45) is 10.9 Å². The molecule has 0 bridgehead atoms. The van der Waals surface area contributed by atoms with Crippen LogP contribution in [0.5, 0.6) is 5.75 Å². The van der Waals surface area contributed by atoms with Gasteiger partial charge in [-0.15, -0.1) is 13.2 Å². The monoisotopic (exact) mass is 218 g/mol. The highest BCUT2D eigenvalue weighted by atomic mass is 19.4. The number of ether oxygens (including phenoxy) is 1. The lowest BCUT2D eigenvalue weighted by Crippen LogP contribution is -2.17. The van der Waals surface area contributed by atoms with Crippen molar-refractivity contribution >= 4 is 6.21 Å². The summed E-state index contributed by atoms with van der Waals surface area (Å²) in [6, 6.07) is 3.95. The first-order valence-electron chi connectivity index (χ1n) is 4.02. The van der Waals surface area contributed by atoms with E-state index in [-0.39, 0.29) is 5.75 Å². The topological polar surface area (TPSA) is 47.6 Å². The van der Waals surface area contributed by atoms with Gasteiger partial charge in [0.25, 0.3) is 0 Å². The summed E-state index contributed by atoms with van der Waals surface area (Å²) in [6.07, 6.45) is -3.43. The molecule has 0 aliphatic carbocycles. The van der Waals surface area contributed by atoms with Gasteiger partial charge in [-0.1, -0.05) is 6.07 Å². The van der Waals surface area contributed by atoms with Gasteiger partial charge in [-0.2, -0.15) is 5.10 Å². The van der Waals surface area contributed by atoms with Crippen LogP contribution in [0.25, 0.3) is 0 Å². The van der Waals surface area contributed by atoms with E-state index in [2.05, 4.69) is 9.84 Å². The Kier molecular flexibility index (Phi) is 3.18. The molecule has 0 saturated carbocycles. The van der Waals surface area contributed by atoms with Crippen LogP contribution in [0.3, 0.4) is 0 Å². The van der Waals surface area contributed by atoms with Crippen molar-refractivity contribution in [2.45, 2.75) is 13.3 Å². The van der Waals surface area contributed by atoms with Gasteiger partial charge in [0.05, 0.1) is 6.21 Å². The highest BCUT2D eigenvalue weighted by Gasteiger charge is 2.31. The molecule has 15 heavy (non-hydrogen) atoms. The standard InChI is InChI=1S/C9H9F3N2O/c1-6-2-3-8(15-9(10,11)12)4-7(6)5-14-13/h2-5H,13H2,1H3. The summed E-state index contributed by atoms with van der Waals surface area (Å²) in [5.41, 5.74) is 1.25. The molecule has 0 fully saturated rings. The molecule has 0 aromatic heterocycles. The summed E-state index contributed by atoms with van der Waals surface area (Å²) in [6.45, 7) is 1.73. The van der Waals surface area contributed by atoms with Crippen molar-refractivity contribution in [2.75, 3.05) is 0 Å². The summed E-state index contributed by atoms with van der Waals surface area (Å²) >= 11 is 0. The van der Waals surface area contributed by atoms with Gasteiger partial charge < -0.3 is 10.6 Å². The van der Waals surface area contributed by atoms with Crippen LogP contribution in [0.4, 0.5) is 13.2 Å². The van der Waals surface area contributed by atoms with Crippen LogP contribution in [0, 0.1) is 6.92 Å². The van der Waals surface area contributed by atoms with E-state index in [4.69, 9.17) is 5.84 Å². The number of nitrogens with zero attached hydrogens (tertiary/aromatic N) is 1. The number of nitrogens with two attached hydrogens (primary N) is 1. The first-order valence-corrected chi connectivity index (χ1v) is 4.02. The van der Waals surface area contributed by atoms with E-state index < -0.39 is 6.36 Å². The molecule has 0 spiro atoms. The van der Waals surface area contributed by atoms with Gasteiger partial charge >= 0.3 is 6.36 Å². The van der Waals surface area contributed by atoms with Crippen molar-refractivity contribution < 1.29 is 17.9 Å². The van der Waals surface area contributed by atoms with E-state index in [1.54, 1.807) is 6.92 Å². The fourth-order valence-electron chi connectivity index (χ4n) is 1.04. The highest BCUT2D eigenvalue weighted by molar-refractivity contribution is 5.82. The Hall–Kier alpha value is -1.72. The minimum Gasteiger partial charge on any atom is -0.406 e. The average molecular weight is 218 g/mol. The predicted molar refractivity (Wildman–Crippen MR) is 49.6 cm³/mol. The molecule has 0 heterocycles. The molecule has 1 rings (SSSR count). The Bertz CT molecular complexity index is 374. The molecular weight excluding hydrogens is 209 g/mol. The van der Waals surface area contributed by atoms with Crippen LogP contribution in [0.1, 0.15) is 11.1 Å². The fraction of sp³-hybridized carbons (Fsp3) is 0.222. The molecule has 0 aliphatic heterocycles. The second-order valence-corrected chi connectivity index (χ2v) is 2.84. The van der Waals surface area contributed by atoms with Crippen molar-refractivity contribution in [1.29, 1.82) is 0 Å². The van der Waals surface area contributed by atoms with Crippen molar-refractivity contribution in [1.82, 2.24) is 0 Å². The summed E-state index contributed by atoms with van der Waals surface area (Å²) < 4.78 is 39.4. The highest BCUT2D eigenvalue weighted by Crippen LogP contribution is 2.24. The number of aryl methyl sites for hydroxylation is 1. The van der Waals surface area contributed by atoms with E-state index in [1.807, 2.05) is 0 Å². The lowest BCUT2D eigenvalue weighted by atomic mass is 10.1. The Morgan fingerprint density at radius 3 is 2.60 bits per heavy atom. The van der Waals surface area contributed by atoms with Crippen molar-refractivity contribution in [3.05, 3.63) is 29.3 Å². The molecule has 3 nitrogen and oxygen atoms in total. The third-order valence-electron chi connectivity index (χ3n) is 1.70. The second-order valence-electron chi connectivity index (χ2n) is 2.84. The third kappa shape index (κ3) is 3.49. The molecule has 6 heteroatoms. The largest absolute Gasteiger partial charge is 0.573 e. The summed E-state index contributed by atoms with van der Waals surface area (Å²) in [7, 11) is 0.